The highest BCUT2D eigenvalue weighted by molar-refractivity contribution is 7.92. The Balaban J connectivity index is 2.02. The van der Waals surface area contributed by atoms with E-state index < -0.39 is 16.1 Å². The molecular formula is C30H45N3O6S. The van der Waals surface area contributed by atoms with Crippen molar-refractivity contribution in [1.29, 1.82) is 0 Å². The predicted molar refractivity (Wildman–Crippen MR) is 157 cm³/mol. The van der Waals surface area contributed by atoms with Crippen LogP contribution in [0.25, 0.3) is 0 Å². The number of aliphatic hydroxyl groups excluding tert-OH is 1. The third kappa shape index (κ3) is 8.67. The second-order valence-electron chi connectivity index (χ2n) is 11.2. The zero-order chi connectivity index (χ0) is 29.4. The number of hydrogen-bond acceptors (Lipinski definition) is 7. The highest BCUT2D eigenvalue weighted by Crippen LogP contribution is 2.29. The summed E-state index contributed by atoms with van der Waals surface area (Å²) in [4.78, 5) is 18.0. The molecule has 0 saturated carbocycles. The third-order valence-corrected chi connectivity index (χ3v) is 8.58. The number of hydrogen-bond donors (Lipinski definition) is 2. The van der Waals surface area contributed by atoms with Gasteiger partial charge in [-0.2, -0.15) is 0 Å². The minimum Gasteiger partial charge on any atom is -0.490 e. The first-order chi connectivity index (χ1) is 18.9. The van der Waals surface area contributed by atoms with Gasteiger partial charge in [0.05, 0.1) is 35.3 Å². The number of rotatable bonds is 7. The van der Waals surface area contributed by atoms with Crippen LogP contribution in [0.3, 0.4) is 0 Å². The molecule has 222 valence electrons. The lowest BCUT2D eigenvalue weighted by Gasteiger charge is -2.35. The summed E-state index contributed by atoms with van der Waals surface area (Å²) in [6, 6.07) is 10.9. The third-order valence-electron chi connectivity index (χ3n) is 7.18. The monoisotopic (exact) mass is 575 g/mol. The number of carbonyl (C=O) groups is 1. The Hall–Kier alpha value is -2.66. The van der Waals surface area contributed by atoms with Crippen molar-refractivity contribution < 1.29 is 27.8 Å². The lowest BCUT2D eigenvalue weighted by molar-refractivity contribution is -0.0137. The second-order valence-corrected chi connectivity index (χ2v) is 12.9. The van der Waals surface area contributed by atoms with Gasteiger partial charge in [-0.25, -0.2) is 8.42 Å². The number of fused-ring (bicyclic) bond motifs is 1. The van der Waals surface area contributed by atoms with Crippen molar-refractivity contribution in [3.8, 4) is 5.75 Å². The maximum atomic E-state index is 14.1. The molecule has 0 aliphatic carbocycles. The van der Waals surface area contributed by atoms with Crippen LogP contribution in [0.5, 0.6) is 5.75 Å². The van der Waals surface area contributed by atoms with Crippen molar-refractivity contribution in [2.24, 2.45) is 5.92 Å². The van der Waals surface area contributed by atoms with Gasteiger partial charge in [0.2, 0.25) is 0 Å². The van der Waals surface area contributed by atoms with Crippen LogP contribution < -0.4 is 9.46 Å². The van der Waals surface area contributed by atoms with Gasteiger partial charge in [0.1, 0.15) is 5.75 Å². The number of anilines is 1. The molecule has 0 saturated heterocycles. The van der Waals surface area contributed by atoms with E-state index in [1.807, 2.05) is 27.9 Å². The first-order valence-electron chi connectivity index (χ1n) is 14.0. The molecule has 1 amide bonds. The number of aryl methyl sites for hydroxylation is 1. The molecule has 2 aromatic carbocycles. The smallest absolute Gasteiger partial charge is 0.261 e. The highest BCUT2D eigenvalue weighted by atomic mass is 32.2. The lowest BCUT2D eigenvalue weighted by Crippen LogP contribution is -2.47. The second kappa shape index (κ2) is 14.3. The summed E-state index contributed by atoms with van der Waals surface area (Å²) in [6.45, 7) is 9.16. The molecule has 10 heteroatoms. The Morgan fingerprint density at radius 1 is 1.12 bits per heavy atom. The SMILES string of the molecule is Cc1ccc(S(=O)(=O)Nc2ccc3c(c2)C(=O)N([C@H](C)CO)C[C@H](C)[C@@H](CN(C)C)OCCCC[C@@H](C)O3)cc1. The summed E-state index contributed by atoms with van der Waals surface area (Å²) in [7, 11) is 0.118. The summed E-state index contributed by atoms with van der Waals surface area (Å²) in [6.07, 6.45) is 2.33. The van der Waals surface area contributed by atoms with Crippen LogP contribution in [-0.2, 0) is 14.8 Å². The van der Waals surface area contributed by atoms with Gasteiger partial charge in [0.25, 0.3) is 15.9 Å². The summed E-state index contributed by atoms with van der Waals surface area (Å²) in [5.74, 6) is 0.0270. The maximum Gasteiger partial charge on any atom is 0.261 e. The average Bonchev–Trinajstić information content (AvgIpc) is 2.90. The average molecular weight is 576 g/mol. The molecule has 9 nitrogen and oxygen atoms in total. The largest absolute Gasteiger partial charge is 0.490 e. The van der Waals surface area contributed by atoms with Gasteiger partial charge in [-0.3, -0.25) is 9.52 Å². The van der Waals surface area contributed by atoms with Crippen LogP contribution in [0.15, 0.2) is 47.4 Å². The van der Waals surface area contributed by atoms with E-state index in [1.165, 1.54) is 6.07 Å². The highest BCUT2D eigenvalue weighted by Gasteiger charge is 2.30. The van der Waals surface area contributed by atoms with Gasteiger partial charge in [-0.05, 0) is 84.5 Å². The number of nitrogens with one attached hydrogen (secondary N) is 1. The van der Waals surface area contributed by atoms with Gasteiger partial charge in [0, 0.05) is 31.3 Å². The van der Waals surface area contributed by atoms with Gasteiger partial charge in [-0.15, -0.1) is 0 Å². The van der Waals surface area contributed by atoms with Crippen LogP contribution in [0, 0.1) is 12.8 Å². The van der Waals surface area contributed by atoms with Crippen LogP contribution in [0.2, 0.25) is 0 Å². The molecule has 0 fully saturated rings. The number of benzene rings is 2. The zero-order valence-electron chi connectivity index (χ0n) is 24.6. The van der Waals surface area contributed by atoms with E-state index in [9.17, 15) is 18.3 Å². The molecule has 4 atom stereocenters. The predicted octanol–water partition coefficient (Wildman–Crippen LogP) is 4.15. The van der Waals surface area contributed by atoms with E-state index in [0.717, 1.165) is 24.8 Å². The Morgan fingerprint density at radius 2 is 1.82 bits per heavy atom. The quantitative estimate of drug-likeness (QED) is 0.511. The number of ether oxygens (including phenoxy) is 2. The number of amides is 1. The van der Waals surface area contributed by atoms with Gasteiger partial charge in [-0.1, -0.05) is 24.6 Å². The summed E-state index contributed by atoms with van der Waals surface area (Å²) >= 11 is 0. The minimum atomic E-state index is -3.87. The van der Waals surface area contributed by atoms with Crippen LogP contribution in [-0.4, -0.2) is 87.9 Å². The molecule has 40 heavy (non-hydrogen) atoms. The minimum absolute atomic E-state index is 0.0187. The molecule has 0 aromatic heterocycles. The summed E-state index contributed by atoms with van der Waals surface area (Å²) in [5, 5.41) is 10.1. The fourth-order valence-corrected chi connectivity index (χ4v) is 5.79. The van der Waals surface area contributed by atoms with Crippen LogP contribution in [0.4, 0.5) is 5.69 Å². The van der Waals surface area contributed by atoms with E-state index in [1.54, 1.807) is 48.2 Å². The number of nitrogens with zero attached hydrogens (tertiary/aromatic N) is 2. The zero-order valence-corrected chi connectivity index (χ0v) is 25.4. The molecule has 1 heterocycles. The van der Waals surface area contributed by atoms with E-state index in [0.29, 0.717) is 25.4 Å². The van der Waals surface area contributed by atoms with Gasteiger partial charge >= 0.3 is 0 Å². The van der Waals surface area contributed by atoms with Crippen LogP contribution >= 0.6 is 0 Å². The van der Waals surface area contributed by atoms with Crippen molar-refractivity contribution in [2.75, 3.05) is 45.1 Å². The number of aliphatic hydroxyl groups is 1. The van der Waals surface area contributed by atoms with Crippen molar-refractivity contribution >= 4 is 21.6 Å². The van der Waals surface area contributed by atoms with E-state index in [2.05, 4.69) is 16.5 Å². The molecule has 1 aliphatic heterocycles. The molecule has 3 rings (SSSR count). The molecule has 0 unspecified atom stereocenters. The van der Waals surface area contributed by atoms with Gasteiger partial charge in [0.15, 0.2) is 0 Å². The number of carbonyl (C=O) groups excluding carboxylic acids is 1. The molecule has 0 spiro atoms. The molecular weight excluding hydrogens is 530 g/mol. The van der Waals surface area contributed by atoms with E-state index in [4.69, 9.17) is 9.47 Å². The van der Waals surface area contributed by atoms with Crippen molar-refractivity contribution in [3.05, 3.63) is 53.6 Å². The fourth-order valence-electron chi connectivity index (χ4n) is 4.74. The van der Waals surface area contributed by atoms with Crippen molar-refractivity contribution in [1.82, 2.24) is 9.80 Å². The van der Waals surface area contributed by atoms with Gasteiger partial charge < -0.3 is 24.4 Å². The summed E-state index contributed by atoms with van der Waals surface area (Å²) < 4.78 is 41.3. The molecule has 0 radical (unpaired) electrons. The normalized spacial score (nSPS) is 22.2. The number of likely N-dealkylation sites (N-methyl/N-ethyl adjacent to an activating group) is 1. The Kier molecular flexibility index (Phi) is 11.4. The molecule has 0 bridgehead atoms. The topological polar surface area (TPSA) is 108 Å². The Bertz CT molecular complexity index is 1220. The maximum absolute atomic E-state index is 14.1. The lowest BCUT2D eigenvalue weighted by atomic mass is 10.0. The standard InChI is InChI=1S/C30H45N3O6S/c1-21-10-13-26(14-11-21)40(36,37)31-25-12-15-28-27(17-25)30(35)33(23(3)20-34)18-22(2)29(19-32(5)6)38-16-8-7-9-24(4)39-28/h10-15,17,22-24,29,31,34H,7-9,16,18-20H2,1-6H3/t22-,23+,24+,29+/m0/s1. The van der Waals surface area contributed by atoms with Crippen molar-refractivity contribution in [2.45, 2.75) is 70.1 Å². The molecule has 2 N–H and O–H groups in total. The Labute approximate surface area is 239 Å². The Morgan fingerprint density at radius 3 is 2.48 bits per heavy atom. The fraction of sp³-hybridized carbons (Fsp3) is 0.567. The van der Waals surface area contributed by atoms with Crippen molar-refractivity contribution in [3.63, 3.8) is 0 Å². The van der Waals surface area contributed by atoms with Crippen LogP contribution in [0.1, 0.15) is 56.0 Å². The first kappa shape index (κ1) is 31.9. The van der Waals surface area contributed by atoms with E-state index in [-0.39, 0.29) is 46.8 Å². The summed E-state index contributed by atoms with van der Waals surface area (Å²) in [5.41, 5.74) is 1.45. The molecule has 2 aromatic rings. The van der Waals surface area contributed by atoms with E-state index >= 15 is 0 Å². The number of sulfonamides is 1. The molecule has 1 aliphatic rings. The first-order valence-corrected chi connectivity index (χ1v) is 15.5.